The molecule has 1 fully saturated rings. The summed E-state index contributed by atoms with van der Waals surface area (Å²) in [6.07, 6.45) is 4.25. The molecule has 0 radical (unpaired) electrons. The van der Waals surface area contributed by atoms with Crippen LogP contribution in [-0.4, -0.2) is 82.4 Å². The molecule has 1 aromatic carbocycles. The van der Waals surface area contributed by atoms with E-state index in [4.69, 9.17) is 0 Å². The van der Waals surface area contributed by atoms with Crippen LogP contribution in [0.2, 0.25) is 0 Å². The van der Waals surface area contributed by atoms with Crippen LogP contribution in [0, 0.1) is 0 Å². The van der Waals surface area contributed by atoms with Gasteiger partial charge in [0, 0.05) is 68.5 Å². The second-order valence-electron chi connectivity index (χ2n) is 8.60. The molecule has 5 aliphatic rings. The molecule has 0 saturated carbocycles. The van der Waals surface area contributed by atoms with E-state index >= 15 is 0 Å². The zero-order valence-corrected chi connectivity index (χ0v) is 19.4. The highest BCUT2D eigenvalue weighted by Crippen LogP contribution is 2.21. The van der Waals surface area contributed by atoms with Crippen molar-refractivity contribution >= 4 is 29.3 Å². The lowest BCUT2D eigenvalue weighted by Gasteiger charge is -2.34. The minimum atomic E-state index is -0.0236. The number of piperazine rings is 1. The van der Waals surface area contributed by atoms with Gasteiger partial charge in [-0.05, 0) is 42.8 Å². The number of hydrogen-bond acceptors (Lipinski definition) is 8. The fourth-order valence-electron chi connectivity index (χ4n) is 4.17. The van der Waals surface area contributed by atoms with Crippen molar-refractivity contribution in [1.82, 2.24) is 30.1 Å². The van der Waals surface area contributed by atoms with Gasteiger partial charge in [-0.15, -0.1) is 0 Å². The predicted molar refractivity (Wildman–Crippen MR) is 133 cm³/mol. The Morgan fingerprint density at radius 1 is 0.857 bits per heavy atom. The van der Waals surface area contributed by atoms with Crippen LogP contribution in [0.5, 0.6) is 0 Å². The molecule has 7 heterocycles. The second kappa shape index (κ2) is 10.5. The van der Waals surface area contributed by atoms with E-state index in [1.54, 1.807) is 12.4 Å². The molecule has 2 amide bonds. The van der Waals surface area contributed by atoms with Crippen LogP contribution in [0.15, 0.2) is 54.9 Å². The molecule has 180 valence electrons. The molecule has 0 spiro atoms. The third-order valence-corrected chi connectivity index (χ3v) is 6.09. The summed E-state index contributed by atoms with van der Waals surface area (Å²) in [6.45, 7) is 4.15. The molecule has 0 atom stereocenters. The van der Waals surface area contributed by atoms with Crippen molar-refractivity contribution in [3.8, 4) is 11.3 Å². The normalized spacial score (nSPS) is 17.4. The van der Waals surface area contributed by atoms with Crippen LogP contribution in [0.3, 0.4) is 0 Å². The summed E-state index contributed by atoms with van der Waals surface area (Å²) in [6, 6.07) is 13.1. The van der Waals surface area contributed by atoms with Gasteiger partial charge >= 0.3 is 0 Å². The van der Waals surface area contributed by atoms with E-state index in [0.29, 0.717) is 57.3 Å². The minimum Gasteiger partial charge on any atom is -0.370 e. The van der Waals surface area contributed by atoms with Gasteiger partial charge in [0.2, 0.25) is 11.9 Å². The summed E-state index contributed by atoms with van der Waals surface area (Å²) < 4.78 is 0. The lowest BCUT2D eigenvalue weighted by atomic mass is 10.1. The lowest BCUT2D eigenvalue weighted by Crippen LogP contribution is -2.51. The molecule has 10 heteroatoms. The average Bonchev–Trinajstić information content (AvgIpc) is 2.89. The number of rotatable bonds is 0. The predicted octanol–water partition coefficient (Wildman–Crippen LogP) is 1.97. The number of anilines is 3. The molecule has 1 saturated heterocycles. The van der Waals surface area contributed by atoms with Crippen molar-refractivity contribution in [3.05, 3.63) is 60.4 Å². The lowest BCUT2D eigenvalue weighted by molar-refractivity contribution is -0.122. The number of hydrogen-bond donors (Lipinski definition) is 3. The molecule has 10 nitrogen and oxygen atoms in total. The van der Waals surface area contributed by atoms with Crippen LogP contribution >= 0.6 is 0 Å². The molecule has 3 N–H and O–H groups in total. The van der Waals surface area contributed by atoms with Gasteiger partial charge in [-0.1, -0.05) is 6.07 Å². The first-order valence-corrected chi connectivity index (χ1v) is 11.8. The number of nitrogens with zero attached hydrogens (tertiary/aromatic N) is 5. The average molecular weight is 473 g/mol. The Morgan fingerprint density at radius 3 is 2.54 bits per heavy atom. The zero-order chi connectivity index (χ0) is 24.0. The van der Waals surface area contributed by atoms with Gasteiger partial charge in [-0.2, -0.15) is 0 Å². The van der Waals surface area contributed by atoms with Crippen LogP contribution in [0.4, 0.5) is 17.5 Å². The minimum absolute atomic E-state index is 0.00674. The van der Waals surface area contributed by atoms with Gasteiger partial charge in [-0.3, -0.25) is 14.5 Å². The molecule has 35 heavy (non-hydrogen) atoms. The van der Waals surface area contributed by atoms with E-state index in [0.717, 1.165) is 29.2 Å². The Kier molecular flexibility index (Phi) is 6.80. The molecule has 8 rings (SSSR count). The van der Waals surface area contributed by atoms with E-state index in [1.807, 2.05) is 47.4 Å². The maximum absolute atomic E-state index is 13.1. The highest BCUT2D eigenvalue weighted by atomic mass is 16.2. The molecule has 2 aromatic heterocycles. The highest BCUT2D eigenvalue weighted by molar-refractivity contribution is 5.95. The molecule has 0 unspecified atom stereocenters. The van der Waals surface area contributed by atoms with Crippen LogP contribution in [0.1, 0.15) is 16.8 Å². The first-order chi connectivity index (χ1) is 17.1. The Morgan fingerprint density at radius 2 is 1.71 bits per heavy atom. The summed E-state index contributed by atoms with van der Waals surface area (Å²) >= 11 is 0. The molecular weight excluding hydrogens is 444 g/mol. The maximum atomic E-state index is 13.1. The number of benzene rings is 1. The van der Waals surface area contributed by atoms with Gasteiger partial charge in [0.25, 0.3) is 5.91 Å². The fourth-order valence-corrected chi connectivity index (χ4v) is 4.17. The van der Waals surface area contributed by atoms with E-state index < -0.39 is 0 Å². The number of carbonyl (C=O) groups excluding carboxylic acids is 2. The largest absolute Gasteiger partial charge is 0.370 e. The Hall–Kier alpha value is -4.05. The van der Waals surface area contributed by atoms with E-state index in [-0.39, 0.29) is 11.8 Å². The number of nitrogens with one attached hydrogen (secondary N) is 3. The summed E-state index contributed by atoms with van der Waals surface area (Å²) in [7, 11) is 0. The number of amides is 2. The quantitative estimate of drug-likeness (QED) is 0.455. The van der Waals surface area contributed by atoms with Gasteiger partial charge in [-0.25, -0.2) is 15.0 Å². The van der Waals surface area contributed by atoms with Gasteiger partial charge < -0.3 is 20.9 Å². The number of pyridine rings is 1. The standard InChI is InChI=1S/C25H28N8O2/c34-23-17-32-11-13-33(14-12-32)24(35)18-3-1-4-20(15-18)30-25-28-10-7-21(31-25)19-5-6-22(29-16-19)26-8-2-9-27-23/h1,3-7,10,15-16H,2,8-9,11-14,17H2,(H,26,29)(H,27,34)(H,28,30,31). The Balaban J connectivity index is 1.39. The topological polar surface area (TPSA) is 115 Å². The molecule has 8 bridgehead atoms. The second-order valence-corrected chi connectivity index (χ2v) is 8.60. The van der Waals surface area contributed by atoms with Crippen molar-refractivity contribution in [2.45, 2.75) is 6.42 Å². The van der Waals surface area contributed by atoms with Crippen molar-refractivity contribution < 1.29 is 9.59 Å². The van der Waals surface area contributed by atoms with E-state index in [2.05, 4.69) is 35.8 Å². The molecule has 0 aliphatic carbocycles. The summed E-state index contributed by atoms with van der Waals surface area (Å²) in [4.78, 5) is 42.8. The summed E-state index contributed by atoms with van der Waals surface area (Å²) in [5.41, 5.74) is 2.95. The van der Waals surface area contributed by atoms with Crippen LogP contribution in [-0.2, 0) is 4.79 Å². The Bertz CT molecular complexity index is 1190. The van der Waals surface area contributed by atoms with E-state index in [9.17, 15) is 9.59 Å². The van der Waals surface area contributed by atoms with Gasteiger partial charge in [0.1, 0.15) is 5.82 Å². The van der Waals surface area contributed by atoms with Crippen LogP contribution in [0.25, 0.3) is 11.3 Å². The number of carbonyl (C=O) groups is 2. The molecular formula is C25H28N8O2. The first-order valence-electron chi connectivity index (χ1n) is 11.8. The third kappa shape index (κ3) is 5.72. The SMILES string of the molecule is O=C1CN2CCN(CC2)C(=O)c2cccc(c2)Nc2nccc(n2)-c2ccc(nc2)NCCCN1. The number of aromatic nitrogens is 3. The monoisotopic (exact) mass is 472 g/mol. The van der Waals surface area contributed by atoms with Gasteiger partial charge in [0.05, 0.1) is 12.2 Å². The van der Waals surface area contributed by atoms with Crippen molar-refractivity contribution in [2.75, 3.05) is 56.4 Å². The fraction of sp³-hybridized carbons (Fsp3) is 0.320. The van der Waals surface area contributed by atoms with E-state index in [1.165, 1.54) is 0 Å². The highest BCUT2D eigenvalue weighted by Gasteiger charge is 2.23. The molecule has 5 aliphatic heterocycles. The molecule has 3 aromatic rings. The third-order valence-electron chi connectivity index (χ3n) is 6.09. The van der Waals surface area contributed by atoms with Crippen molar-refractivity contribution in [3.63, 3.8) is 0 Å². The van der Waals surface area contributed by atoms with Crippen molar-refractivity contribution in [1.29, 1.82) is 0 Å². The van der Waals surface area contributed by atoms with Gasteiger partial charge in [0.15, 0.2) is 0 Å². The smallest absolute Gasteiger partial charge is 0.254 e. The first kappa shape index (κ1) is 22.7. The Labute approximate surface area is 203 Å². The maximum Gasteiger partial charge on any atom is 0.254 e. The zero-order valence-electron chi connectivity index (χ0n) is 19.4. The summed E-state index contributed by atoms with van der Waals surface area (Å²) in [5.74, 6) is 1.19. The van der Waals surface area contributed by atoms with Crippen molar-refractivity contribution in [2.24, 2.45) is 0 Å². The summed E-state index contributed by atoms with van der Waals surface area (Å²) in [5, 5.41) is 9.47. The van der Waals surface area contributed by atoms with Crippen LogP contribution < -0.4 is 16.0 Å².